The van der Waals surface area contributed by atoms with Crippen LogP contribution in [0.25, 0.3) is 11.0 Å². The van der Waals surface area contributed by atoms with Crippen LogP contribution < -0.4 is 5.63 Å². The fraction of sp³-hybridized carbons (Fsp3) is 0.273. The summed E-state index contributed by atoms with van der Waals surface area (Å²) in [6.45, 7) is 1.37. The first-order valence-electron chi connectivity index (χ1n) is 9.07. The summed E-state index contributed by atoms with van der Waals surface area (Å²) >= 11 is 0. The molecule has 0 saturated carbocycles. The normalized spacial score (nSPS) is 15.3. The Morgan fingerprint density at radius 2 is 1.69 bits per heavy atom. The molecule has 4 nitrogen and oxygen atoms in total. The summed E-state index contributed by atoms with van der Waals surface area (Å²) in [7, 11) is 0. The molecule has 4 rings (SSSR count). The zero-order chi connectivity index (χ0) is 17.9. The predicted molar refractivity (Wildman–Crippen MR) is 101 cm³/mol. The van der Waals surface area contributed by atoms with Crippen molar-refractivity contribution >= 4 is 16.9 Å². The average Bonchev–Trinajstić information content (AvgIpc) is 2.68. The largest absolute Gasteiger partial charge is 0.422 e. The highest BCUT2D eigenvalue weighted by molar-refractivity contribution is 5.96. The van der Waals surface area contributed by atoms with Gasteiger partial charge in [0, 0.05) is 18.5 Å². The van der Waals surface area contributed by atoms with Crippen LogP contribution in [0.4, 0.5) is 0 Å². The van der Waals surface area contributed by atoms with E-state index in [1.54, 1.807) is 17.0 Å². The van der Waals surface area contributed by atoms with E-state index in [9.17, 15) is 9.59 Å². The minimum Gasteiger partial charge on any atom is -0.422 e. The lowest BCUT2D eigenvalue weighted by atomic mass is 9.90. The summed E-state index contributed by atoms with van der Waals surface area (Å²) in [5, 5.41) is 0.773. The van der Waals surface area contributed by atoms with E-state index in [-0.39, 0.29) is 11.5 Å². The van der Waals surface area contributed by atoms with Crippen LogP contribution in [0.3, 0.4) is 0 Å². The number of likely N-dealkylation sites (tertiary alicyclic amines) is 1. The van der Waals surface area contributed by atoms with Crippen molar-refractivity contribution in [2.24, 2.45) is 5.92 Å². The van der Waals surface area contributed by atoms with Gasteiger partial charge in [-0.15, -0.1) is 0 Å². The molecule has 1 aliphatic heterocycles. The van der Waals surface area contributed by atoms with Crippen molar-refractivity contribution < 1.29 is 9.21 Å². The molecule has 1 aliphatic rings. The first-order chi connectivity index (χ1) is 12.7. The van der Waals surface area contributed by atoms with E-state index >= 15 is 0 Å². The topological polar surface area (TPSA) is 50.5 Å². The second-order valence-electron chi connectivity index (χ2n) is 6.91. The highest BCUT2D eigenvalue weighted by Gasteiger charge is 2.26. The number of nitrogens with zero attached hydrogens (tertiary/aromatic N) is 1. The molecule has 0 spiro atoms. The SMILES string of the molecule is O=C(c1cc2ccccc2oc1=O)N1CCC(Cc2ccccc2)CC1. The number of hydrogen-bond donors (Lipinski definition) is 0. The van der Waals surface area contributed by atoms with Crippen molar-refractivity contribution in [1.29, 1.82) is 0 Å². The van der Waals surface area contributed by atoms with Gasteiger partial charge in [0.25, 0.3) is 5.91 Å². The van der Waals surface area contributed by atoms with Crippen LogP contribution in [0.5, 0.6) is 0 Å². The van der Waals surface area contributed by atoms with Crippen LogP contribution in [-0.4, -0.2) is 23.9 Å². The van der Waals surface area contributed by atoms with E-state index in [0.717, 1.165) is 24.6 Å². The number of amides is 1. The van der Waals surface area contributed by atoms with Crippen molar-refractivity contribution in [2.45, 2.75) is 19.3 Å². The Morgan fingerprint density at radius 3 is 2.46 bits per heavy atom. The van der Waals surface area contributed by atoms with Crippen molar-refractivity contribution in [3.8, 4) is 0 Å². The lowest BCUT2D eigenvalue weighted by molar-refractivity contribution is 0.0686. The van der Waals surface area contributed by atoms with Gasteiger partial charge in [-0.05, 0) is 42.9 Å². The number of hydrogen-bond acceptors (Lipinski definition) is 3. The average molecular weight is 347 g/mol. The number of carbonyl (C=O) groups is 1. The number of carbonyl (C=O) groups excluding carboxylic acids is 1. The Kier molecular flexibility index (Phi) is 4.57. The van der Waals surface area contributed by atoms with Crippen LogP contribution in [0, 0.1) is 5.92 Å². The number of benzene rings is 2. The van der Waals surface area contributed by atoms with Crippen molar-refractivity contribution in [2.75, 3.05) is 13.1 Å². The molecule has 4 heteroatoms. The van der Waals surface area contributed by atoms with Crippen molar-refractivity contribution in [1.82, 2.24) is 4.90 Å². The highest BCUT2D eigenvalue weighted by atomic mass is 16.4. The lowest BCUT2D eigenvalue weighted by Crippen LogP contribution is -2.40. The summed E-state index contributed by atoms with van der Waals surface area (Å²) in [6.07, 6.45) is 2.96. The molecular weight excluding hydrogens is 326 g/mol. The number of piperidine rings is 1. The third-order valence-corrected chi connectivity index (χ3v) is 5.14. The van der Waals surface area contributed by atoms with E-state index in [1.807, 2.05) is 24.3 Å². The molecule has 0 N–H and O–H groups in total. The zero-order valence-electron chi connectivity index (χ0n) is 14.6. The van der Waals surface area contributed by atoms with Crippen LogP contribution in [0.1, 0.15) is 28.8 Å². The Bertz CT molecular complexity index is 969. The molecule has 1 fully saturated rings. The van der Waals surface area contributed by atoms with Gasteiger partial charge in [0.2, 0.25) is 0 Å². The van der Waals surface area contributed by atoms with Gasteiger partial charge < -0.3 is 9.32 Å². The molecule has 1 amide bonds. The van der Waals surface area contributed by atoms with E-state index in [0.29, 0.717) is 24.6 Å². The quantitative estimate of drug-likeness (QED) is 0.676. The van der Waals surface area contributed by atoms with E-state index in [2.05, 4.69) is 24.3 Å². The van der Waals surface area contributed by atoms with Crippen molar-refractivity contribution in [3.63, 3.8) is 0 Å². The summed E-state index contributed by atoms with van der Waals surface area (Å²) in [5.74, 6) is 0.358. The predicted octanol–water partition coefficient (Wildman–Crippen LogP) is 3.89. The minimum absolute atomic E-state index is 0.130. The maximum atomic E-state index is 12.8. The summed E-state index contributed by atoms with van der Waals surface area (Å²) < 4.78 is 5.30. The zero-order valence-corrected chi connectivity index (χ0v) is 14.6. The Morgan fingerprint density at radius 1 is 1.00 bits per heavy atom. The van der Waals surface area contributed by atoms with Gasteiger partial charge in [0.05, 0.1) is 0 Å². The molecule has 1 saturated heterocycles. The van der Waals surface area contributed by atoms with Gasteiger partial charge in [-0.1, -0.05) is 48.5 Å². The Labute approximate surface area is 152 Å². The molecule has 0 aliphatic carbocycles. The molecule has 3 aromatic rings. The third kappa shape index (κ3) is 3.40. The van der Waals surface area contributed by atoms with Gasteiger partial charge in [0.1, 0.15) is 11.1 Å². The van der Waals surface area contributed by atoms with Crippen LogP contribution in [0.15, 0.2) is 69.9 Å². The van der Waals surface area contributed by atoms with E-state index in [4.69, 9.17) is 4.42 Å². The van der Waals surface area contributed by atoms with Crippen LogP contribution >= 0.6 is 0 Å². The van der Waals surface area contributed by atoms with Crippen LogP contribution in [-0.2, 0) is 6.42 Å². The maximum absolute atomic E-state index is 12.8. The number of rotatable bonds is 3. The smallest absolute Gasteiger partial charge is 0.349 e. The van der Waals surface area contributed by atoms with Gasteiger partial charge >= 0.3 is 5.63 Å². The first kappa shape index (κ1) is 16.6. The molecule has 26 heavy (non-hydrogen) atoms. The molecule has 0 unspecified atom stereocenters. The van der Waals surface area contributed by atoms with Crippen molar-refractivity contribution in [3.05, 3.63) is 82.2 Å². The Hall–Kier alpha value is -2.88. The summed E-state index contributed by atoms with van der Waals surface area (Å²) in [5.41, 5.74) is 1.42. The highest BCUT2D eigenvalue weighted by Crippen LogP contribution is 2.23. The molecular formula is C22H21NO3. The minimum atomic E-state index is -0.555. The monoisotopic (exact) mass is 347 g/mol. The molecule has 0 atom stereocenters. The fourth-order valence-electron chi connectivity index (χ4n) is 3.67. The standard InChI is InChI=1S/C22H21NO3/c24-21(19-15-18-8-4-5-9-20(18)26-22(19)25)23-12-10-17(11-13-23)14-16-6-2-1-3-7-16/h1-9,15,17H,10-14H2. The third-order valence-electron chi connectivity index (χ3n) is 5.14. The van der Waals surface area contributed by atoms with Gasteiger partial charge in [-0.25, -0.2) is 4.79 Å². The molecule has 2 heterocycles. The fourth-order valence-corrected chi connectivity index (χ4v) is 3.67. The first-order valence-corrected chi connectivity index (χ1v) is 9.07. The molecule has 2 aromatic carbocycles. The summed E-state index contributed by atoms with van der Waals surface area (Å²) in [6, 6.07) is 19.4. The van der Waals surface area contributed by atoms with Gasteiger partial charge in [-0.3, -0.25) is 4.79 Å². The Balaban J connectivity index is 1.45. The summed E-state index contributed by atoms with van der Waals surface area (Å²) in [4.78, 5) is 26.8. The molecule has 0 bridgehead atoms. The van der Waals surface area contributed by atoms with E-state index < -0.39 is 5.63 Å². The molecule has 132 valence electrons. The van der Waals surface area contributed by atoms with E-state index in [1.165, 1.54) is 5.56 Å². The lowest BCUT2D eigenvalue weighted by Gasteiger charge is -2.32. The second-order valence-corrected chi connectivity index (χ2v) is 6.91. The maximum Gasteiger partial charge on any atom is 0.349 e. The molecule has 0 radical (unpaired) electrons. The van der Waals surface area contributed by atoms with Gasteiger partial charge in [0.15, 0.2) is 0 Å². The number of fused-ring (bicyclic) bond motifs is 1. The van der Waals surface area contributed by atoms with Crippen LogP contribution in [0.2, 0.25) is 0 Å². The van der Waals surface area contributed by atoms with Gasteiger partial charge in [-0.2, -0.15) is 0 Å². The number of para-hydroxylation sites is 1. The molecule has 1 aromatic heterocycles. The second kappa shape index (κ2) is 7.16.